The van der Waals surface area contributed by atoms with E-state index in [4.69, 9.17) is 4.74 Å². The van der Waals surface area contributed by atoms with Gasteiger partial charge in [0.05, 0.1) is 23.1 Å². The van der Waals surface area contributed by atoms with Gasteiger partial charge in [0.25, 0.3) is 0 Å². The van der Waals surface area contributed by atoms with Gasteiger partial charge in [-0.2, -0.15) is 5.26 Å². The summed E-state index contributed by atoms with van der Waals surface area (Å²) < 4.78 is 5.76. The van der Waals surface area contributed by atoms with E-state index in [9.17, 15) is 10.1 Å². The van der Waals surface area contributed by atoms with Crippen LogP contribution in [-0.4, -0.2) is 47.6 Å². The molecular formula is C29H32N4O2S. The highest BCUT2D eigenvalue weighted by Crippen LogP contribution is 2.38. The van der Waals surface area contributed by atoms with E-state index < -0.39 is 0 Å². The van der Waals surface area contributed by atoms with Gasteiger partial charge in [0.1, 0.15) is 16.8 Å². The molecule has 6 nitrogen and oxygen atoms in total. The molecule has 1 N–H and O–H groups in total. The minimum Gasteiger partial charge on any atom is -0.490 e. The normalized spacial score (nSPS) is 17.6. The maximum absolute atomic E-state index is 12.5. The number of carbonyl (C=O) groups is 1. The van der Waals surface area contributed by atoms with Crippen LogP contribution < -0.4 is 10.1 Å². The number of amides is 1. The maximum Gasteiger partial charge on any atom is 0.234 e. The Morgan fingerprint density at radius 2 is 2.11 bits per heavy atom. The number of aromatic nitrogens is 1. The number of ether oxygens (including phenoxy) is 1. The number of hydrogen-bond acceptors (Lipinski definition) is 6. The molecule has 0 radical (unpaired) electrons. The van der Waals surface area contributed by atoms with Gasteiger partial charge < -0.3 is 10.1 Å². The van der Waals surface area contributed by atoms with Crippen molar-refractivity contribution in [3.05, 3.63) is 59.3 Å². The van der Waals surface area contributed by atoms with Gasteiger partial charge in [0, 0.05) is 17.8 Å². The lowest BCUT2D eigenvalue weighted by Crippen LogP contribution is -2.43. The molecular weight excluding hydrogens is 468 g/mol. The van der Waals surface area contributed by atoms with E-state index in [1.54, 1.807) is 11.3 Å². The second kappa shape index (κ2) is 10.8. The molecule has 3 aromatic rings. The molecule has 2 aliphatic rings. The zero-order chi connectivity index (χ0) is 25.1. The van der Waals surface area contributed by atoms with Crippen molar-refractivity contribution in [2.75, 3.05) is 19.6 Å². The number of nitriles is 1. The van der Waals surface area contributed by atoms with Crippen molar-refractivity contribution < 1.29 is 9.53 Å². The maximum atomic E-state index is 12.5. The Hall–Kier alpha value is -3.21. The number of thiazole rings is 1. The summed E-state index contributed by atoms with van der Waals surface area (Å²) in [4.78, 5) is 20.6. The first-order valence-corrected chi connectivity index (χ1v) is 13.6. The van der Waals surface area contributed by atoms with Gasteiger partial charge in [-0.1, -0.05) is 18.2 Å². The lowest BCUT2D eigenvalue weighted by Gasteiger charge is -2.27. The van der Waals surface area contributed by atoms with Crippen LogP contribution in [0.15, 0.2) is 42.6 Å². The Morgan fingerprint density at radius 3 is 2.89 bits per heavy atom. The van der Waals surface area contributed by atoms with Gasteiger partial charge in [-0.3, -0.25) is 9.69 Å². The summed E-state index contributed by atoms with van der Waals surface area (Å²) in [5, 5.41) is 13.7. The third-order valence-electron chi connectivity index (χ3n) is 6.89. The van der Waals surface area contributed by atoms with Crippen LogP contribution in [-0.2, 0) is 17.6 Å². The zero-order valence-corrected chi connectivity index (χ0v) is 21.7. The van der Waals surface area contributed by atoms with Crippen molar-refractivity contribution in [3.63, 3.8) is 0 Å². The fourth-order valence-corrected chi connectivity index (χ4v) is 6.18. The molecule has 36 heavy (non-hydrogen) atoms. The Kier molecular flexibility index (Phi) is 7.35. The highest BCUT2D eigenvalue weighted by molar-refractivity contribution is 7.18. The molecule has 0 saturated carbocycles. The first kappa shape index (κ1) is 24.5. The number of likely N-dealkylation sites (tertiary alicyclic amines) is 1. The Balaban J connectivity index is 1.31. The molecule has 1 fully saturated rings. The van der Waals surface area contributed by atoms with E-state index in [1.807, 2.05) is 38.2 Å². The second-order valence-electron chi connectivity index (χ2n) is 9.95. The van der Waals surface area contributed by atoms with E-state index in [0.717, 1.165) is 47.8 Å². The summed E-state index contributed by atoms with van der Waals surface area (Å²) in [7, 11) is 0. The molecule has 2 aromatic carbocycles. The molecule has 1 unspecified atom stereocenters. The van der Waals surface area contributed by atoms with Gasteiger partial charge >= 0.3 is 0 Å². The molecule has 7 heteroatoms. The summed E-state index contributed by atoms with van der Waals surface area (Å²) in [6.45, 7) is 6.50. The summed E-state index contributed by atoms with van der Waals surface area (Å²) in [6.07, 6.45) is 7.09. The molecule has 2 heterocycles. The number of hydrogen-bond donors (Lipinski definition) is 1. The van der Waals surface area contributed by atoms with Crippen LogP contribution in [0.3, 0.4) is 0 Å². The predicted molar refractivity (Wildman–Crippen MR) is 143 cm³/mol. The first-order valence-electron chi connectivity index (χ1n) is 12.8. The summed E-state index contributed by atoms with van der Waals surface area (Å²) in [5.74, 6) is 0.752. The van der Waals surface area contributed by atoms with Crippen molar-refractivity contribution in [3.8, 4) is 32.8 Å². The fourth-order valence-electron chi connectivity index (χ4n) is 5.22. The van der Waals surface area contributed by atoms with Gasteiger partial charge in [0.15, 0.2) is 0 Å². The van der Waals surface area contributed by atoms with Crippen LogP contribution in [0.25, 0.3) is 21.0 Å². The van der Waals surface area contributed by atoms with Crippen molar-refractivity contribution >= 4 is 17.2 Å². The number of nitrogens with zero attached hydrogens (tertiary/aromatic N) is 3. The Bertz CT molecular complexity index is 1290. The van der Waals surface area contributed by atoms with Crippen LogP contribution in [0.1, 0.15) is 49.8 Å². The lowest BCUT2D eigenvalue weighted by atomic mass is 9.85. The molecule has 1 aliphatic heterocycles. The van der Waals surface area contributed by atoms with E-state index >= 15 is 0 Å². The molecule has 1 amide bonds. The molecule has 1 aliphatic carbocycles. The standard InChI is InChI=1S/C29H32N4O2S/c1-19(2)35-26-11-8-21(14-22(26)16-30)29-31-17-27(36-29)25-7-5-6-20-15-23(9-10-24(20)25)32-28(34)18-33-12-3-4-13-33/h5-8,11,14,17,19,23H,3-4,9-10,12-13,15,18H2,1-2H3,(H,32,34). The van der Waals surface area contributed by atoms with E-state index in [0.29, 0.717) is 17.9 Å². The van der Waals surface area contributed by atoms with Crippen LogP contribution in [0, 0.1) is 11.3 Å². The zero-order valence-electron chi connectivity index (χ0n) is 20.9. The minimum atomic E-state index is 0.0108. The molecule has 1 atom stereocenters. The van der Waals surface area contributed by atoms with Crippen LogP contribution in [0.2, 0.25) is 0 Å². The van der Waals surface area contributed by atoms with Gasteiger partial charge in [0.2, 0.25) is 5.91 Å². The average Bonchev–Trinajstić information content (AvgIpc) is 3.56. The fraction of sp³-hybridized carbons (Fsp3) is 0.414. The third kappa shape index (κ3) is 5.45. The smallest absolute Gasteiger partial charge is 0.234 e. The number of carbonyl (C=O) groups excluding carboxylic acids is 1. The topological polar surface area (TPSA) is 78.2 Å². The molecule has 0 spiro atoms. The van der Waals surface area contributed by atoms with Crippen LogP contribution >= 0.6 is 11.3 Å². The number of fused-ring (bicyclic) bond motifs is 1. The average molecular weight is 501 g/mol. The summed E-state index contributed by atoms with van der Waals surface area (Å²) >= 11 is 1.64. The monoisotopic (exact) mass is 500 g/mol. The molecule has 0 bridgehead atoms. The molecule has 5 rings (SSSR count). The van der Waals surface area contributed by atoms with Gasteiger partial charge in [-0.15, -0.1) is 11.3 Å². The second-order valence-corrected chi connectivity index (χ2v) is 11.0. The molecule has 1 aromatic heterocycles. The summed E-state index contributed by atoms with van der Waals surface area (Å²) in [5.41, 5.74) is 5.33. The van der Waals surface area contributed by atoms with Crippen molar-refractivity contribution in [2.45, 2.75) is 58.1 Å². The highest BCUT2D eigenvalue weighted by atomic mass is 32.1. The van der Waals surface area contributed by atoms with Crippen molar-refractivity contribution in [1.82, 2.24) is 15.2 Å². The molecule has 186 valence electrons. The van der Waals surface area contributed by atoms with E-state index in [1.165, 1.54) is 29.5 Å². The third-order valence-corrected chi connectivity index (χ3v) is 7.97. The highest BCUT2D eigenvalue weighted by Gasteiger charge is 2.24. The lowest BCUT2D eigenvalue weighted by molar-refractivity contribution is -0.122. The van der Waals surface area contributed by atoms with Gasteiger partial charge in [-0.05, 0) is 93.9 Å². The number of nitrogens with one attached hydrogen (secondary N) is 1. The quantitative estimate of drug-likeness (QED) is 0.482. The van der Waals surface area contributed by atoms with Crippen LogP contribution in [0.4, 0.5) is 0 Å². The van der Waals surface area contributed by atoms with Crippen LogP contribution in [0.5, 0.6) is 5.75 Å². The summed E-state index contributed by atoms with van der Waals surface area (Å²) in [6, 6.07) is 14.6. The largest absolute Gasteiger partial charge is 0.490 e. The van der Waals surface area contributed by atoms with E-state index in [-0.39, 0.29) is 18.1 Å². The SMILES string of the molecule is CC(C)Oc1ccc(-c2ncc(-c3cccc4c3CCC(NC(=O)CN3CCCC3)C4)s2)cc1C#N. The van der Waals surface area contributed by atoms with Crippen molar-refractivity contribution in [1.29, 1.82) is 5.26 Å². The number of rotatable bonds is 7. The van der Waals surface area contributed by atoms with Gasteiger partial charge in [-0.25, -0.2) is 4.98 Å². The molecule has 1 saturated heterocycles. The number of benzene rings is 2. The van der Waals surface area contributed by atoms with E-state index in [2.05, 4.69) is 39.5 Å². The van der Waals surface area contributed by atoms with Crippen molar-refractivity contribution in [2.24, 2.45) is 0 Å². The first-order chi connectivity index (χ1) is 17.5. The Labute approximate surface area is 216 Å². The predicted octanol–water partition coefficient (Wildman–Crippen LogP) is 5.21. The minimum absolute atomic E-state index is 0.0108. The Morgan fingerprint density at radius 1 is 1.28 bits per heavy atom.